The van der Waals surface area contributed by atoms with Crippen LogP contribution >= 0.6 is 0 Å². The molecule has 0 aliphatic heterocycles. The second-order valence-corrected chi connectivity index (χ2v) is 2.25. The molecule has 2 N–H and O–H groups in total. The molecule has 0 fully saturated rings. The highest BCUT2D eigenvalue weighted by Crippen LogP contribution is 2.16. The molecule has 0 atom stereocenters. The third kappa shape index (κ3) is 2.18. The highest BCUT2D eigenvalue weighted by atomic mass is 19.1. The quantitative estimate of drug-likeness (QED) is 0.420. The lowest BCUT2D eigenvalue weighted by molar-refractivity contribution is 0.1000. The molecule has 6 heteroatoms. The Morgan fingerprint density at radius 3 is 2.77 bits per heavy atom. The lowest BCUT2D eigenvalue weighted by Gasteiger charge is -1.97. The number of nitrogens with two attached hydrogens (primary N) is 1. The number of hydrogen-bond donors (Lipinski definition) is 1. The Morgan fingerprint density at radius 2 is 2.23 bits per heavy atom. The molecule has 0 aliphatic carbocycles. The van der Waals surface area contributed by atoms with Crippen LogP contribution in [0.15, 0.2) is 23.3 Å². The van der Waals surface area contributed by atoms with E-state index in [0.29, 0.717) is 0 Å². The van der Waals surface area contributed by atoms with Gasteiger partial charge in [-0.3, -0.25) is 4.79 Å². The summed E-state index contributed by atoms with van der Waals surface area (Å²) < 4.78 is 12.7. The second kappa shape index (κ2) is 3.55. The Morgan fingerprint density at radius 1 is 1.54 bits per heavy atom. The highest BCUT2D eigenvalue weighted by molar-refractivity contribution is 5.93. The standard InChI is InChI=1S/C7H5FN4O/c8-5-1-4(7(9)13)2-6(3-5)11-12-10/h1-3H,(H2,9,13). The summed E-state index contributed by atoms with van der Waals surface area (Å²) in [6.45, 7) is 0. The van der Waals surface area contributed by atoms with Crippen LogP contribution < -0.4 is 5.73 Å². The Bertz CT molecular complexity index is 377. The Hall–Kier alpha value is -2.07. The lowest BCUT2D eigenvalue weighted by atomic mass is 10.2. The fourth-order valence-corrected chi connectivity index (χ4v) is 0.826. The predicted octanol–water partition coefficient (Wildman–Crippen LogP) is 1.87. The average Bonchev–Trinajstić information content (AvgIpc) is 2.03. The van der Waals surface area contributed by atoms with Crippen LogP contribution in [0.4, 0.5) is 10.1 Å². The predicted molar refractivity (Wildman–Crippen MR) is 43.7 cm³/mol. The van der Waals surface area contributed by atoms with Gasteiger partial charge in [0.1, 0.15) is 5.82 Å². The maximum Gasteiger partial charge on any atom is 0.248 e. The molecule has 66 valence electrons. The molecule has 0 bridgehead atoms. The van der Waals surface area contributed by atoms with Crippen molar-refractivity contribution in [2.24, 2.45) is 10.8 Å². The molecule has 0 heterocycles. The van der Waals surface area contributed by atoms with Gasteiger partial charge in [-0.2, -0.15) is 0 Å². The first kappa shape index (κ1) is 9.02. The van der Waals surface area contributed by atoms with Gasteiger partial charge in [-0.05, 0) is 23.7 Å². The fraction of sp³-hybridized carbons (Fsp3) is 0. The van der Waals surface area contributed by atoms with Crippen LogP contribution in [-0.4, -0.2) is 5.91 Å². The van der Waals surface area contributed by atoms with Gasteiger partial charge in [0, 0.05) is 16.2 Å². The van der Waals surface area contributed by atoms with Crippen molar-refractivity contribution in [3.05, 3.63) is 40.0 Å². The molecule has 5 nitrogen and oxygen atoms in total. The van der Waals surface area contributed by atoms with Crippen molar-refractivity contribution in [3.63, 3.8) is 0 Å². The van der Waals surface area contributed by atoms with Gasteiger partial charge in [0.05, 0.1) is 0 Å². The number of rotatable bonds is 2. The second-order valence-electron chi connectivity index (χ2n) is 2.25. The minimum Gasteiger partial charge on any atom is -0.366 e. The number of azide groups is 1. The Balaban J connectivity index is 3.26. The number of nitrogens with zero attached hydrogens (tertiary/aromatic N) is 3. The zero-order valence-electron chi connectivity index (χ0n) is 6.44. The molecule has 0 saturated heterocycles. The third-order valence-electron chi connectivity index (χ3n) is 1.33. The van der Waals surface area contributed by atoms with Crippen molar-refractivity contribution in [2.45, 2.75) is 0 Å². The van der Waals surface area contributed by atoms with Gasteiger partial charge in [0.25, 0.3) is 0 Å². The minimum atomic E-state index is -0.770. The summed E-state index contributed by atoms with van der Waals surface area (Å²) in [5.74, 6) is -1.44. The number of halogens is 1. The van der Waals surface area contributed by atoms with E-state index in [1.807, 2.05) is 0 Å². The number of primary amides is 1. The van der Waals surface area contributed by atoms with Gasteiger partial charge in [0.2, 0.25) is 5.91 Å². The Kier molecular flexibility index (Phi) is 2.47. The van der Waals surface area contributed by atoms with Crippen LogP contribution in [0.5, 0.6) is 0 Å². The minimum absolute atomic E-state index is 0.0244. The van der Waals surface area contributed by atoms with Crippen LogP contribution in [0.1, 0.15) is 10.4 Å². The van der Waals surface area contributed by atoms with Crippen molar-refractivity contribution in [3.8, 4) is 0 Å². The molecule has 13 heavy (non-hydrogen) atoms. The van der Waals surface area contributed by atoms with Crippen LogP contribution in [-0.2, 0) is 0 Å². The van der Waals surface area contributed by atoms with Gasteiger partial charge in [0.15, 0.2) is 0 Å². The van der Waals surface area contributed by atoms with Crippen molar-refractivity contribution < 1.29 is 9.18 Å². The van der Waals surface area contributed by atoms with Gasteiger partial charge in [-0.25, -0.2) is 4.39 Å². The number of carbonyl (C=O) groups excluding carboxylic acids is 1. The van der Waals surface area contributed by atoms with Gasteiger partial charge in [-0.15, -0.1) is 0 Å². The van der Waals surface area contributed by atoms with E-state index in [1.54, 1.807) is 0 Å². The number of amides is 1. The van der Waals surface area contributed by atoms with E-state index < -0.39 is 11.7 Å². The fourth-order valence-electron chi connectivity index (χ4n) is 0.826. The van der Waals surface area contributed by atoms with E-state index in [9.17, 15) is 9.18 Å². The molecule has 1 aromatic rings. The van der Waals surface area contributed by atoms with E-state index in [2.05, 4.69) is 10.0 Å². The third-order valence-corrected chi connectivity index (χ3v) is 1.33. The maximum absolute atomic E-state index is 12.7. The Labute approximate surface area is 72.6 Å². The summed E-state index contributed by atoms with van der Waals surface area (Å²) in [4.78, 5) is 13.1. The van der Waals surface area contributed by atoms with Crippen LogP contribution in [0.2, 0.25) is 0 Å². The molecule has 0 aliphatic rings. The largest absolute Gasteiger partial charge is 0.366 e. The number of hydrogen-bond acceptors (Lipinski definition) is 2. The van der Waals surface area contributed by atoms with Crippen molar-refractivity contribution in [1.82, 2.24) is 0 Å². The first-order valence-electron chi connectivity index (χ1n) is 3.29. The van der Waals surface area contributed by atoms with Gasteiger partial charge >= 0.3 is 0 Å². The first-order chi connectivity index (χ1) is 6.13. The SMILES string of the molecule is [N-]=[N+]=Nc1cc(F)cc(C(N)=O)c1. The molecule has 0 radical (unpaired) electrons. The molecular weight excluding hydrogens is 175 g/mol. The molecule has 1 amide bonds. The monoisotopic (exact) mass is 180 g/mol. The van der Waals surface area contributed by atoms with Gasteiger partial charge < -0.3 is 5.73 Å². The number of carbonyl (C=O) groups is 1. The van der Waals surface area contributed by atoms with Crippen LogP contribution in [0.25, 0.3) is 10.4 Å². The molecule has 0 unspecified atom stereocenters. The highest BCUT2D eigenvalue weighted by Gasteiger charge is 2.03. The smallest absolute Gasteiger partial charge is 0.248 e. The lowest BCUT2D eigenvalue weighted by Crippen LogP contribution is -2.10. The normalized spacial score (nSPS) is 9.00. The zero-order chi connectivity index (χ0) is 9.84. The van der Waals surface area contributed by atoms with E-state index >= 15 is 0 Å². The molecular formula is C7H5FN4O. The van der Waals surface area contributed by atoms with Crippen molar-refractivity contribution in [1.29, 1.82) is 0 Å². The van der Waals surface area contributed by atoms with E-state index in [4.69, 9.17) is 11.3 Å². The van der Waals surface area contributed by atoms with Crippen LogP contribution in [0.3, 0.4) is 0 Å². The maximum atomic E-state index is 12.7. The van der Waals surface area contributed by atoms with Gasteiger partial charge in [-0.1, -0.05) is 5.11 Å². The van der Waals surface area contributed by atoms with Crippen molar-refractivity contribution >= 4 is 11.6 Å². The summed E-state index contributed by atoms with van der Waals surface area (Å²) in [7, 11) is 0. The molecule has 1 rings (SSSR count). The molecule has 1 aromatic carbocycles. The molecule has 0 saturated carbocycles. The summed E-state index contributed by atoms with van der Waals surface area (Å²) in [5.41, 5.74) is 13.0. The average molecular weight is 180 g/mol. The zero-order valence-corrected chi connectivity index (χ0v) is 6.44. The first-order valence-corrected chi connectivity index (χ1v) is 3.29. The number of benzene rings is 1. The molecule has 0 aromatic heterocycles. The summed E-state index contributed by atoms with van der Waals surface area (Å²) in [6.07, 6.45) is 0. The summed E-state index contributed by atoms with van der Waals surface area (Å²) in [6, 6.07) is 3.19. The summed E-state index contributed by atoms with van der Waals surface area (Å²) in [5, 5.41) is 3.14. The van der Waals surface area contributed by atoms with E-state index in [1.165, 1.54) is 6.07 Å². The van der Waals surface area contributed by atoms with Crippen LogP contribution in [0, 0.1) is 5.82 Å². The molecule has 0 spiro atoms. The van der Waals surface area contributed by atoms with Crippen molar-refractivity contribution in [2.75, 3.05) is 0 Å². The van der Waals surface area contributed by atoms with E-state index in [-0.39, 0.29) is 11.3 Å². The van der Waals surface area contributed by atoms with E-state index in [0.717, 1.165) is 12.1 Å². The topological polar surface area (TPSA) is 91.8 Å². The summed E-state index contributed by atoms with van der Waals surface area (Å²) >= 11 is 0.